The van der Waals surface area contributed by atoms with Crippen LogP contribution in [0.25, 0.3) is 125 Å². The Kier molecular flexibility index (Phi) is 11.4. The molecule has 86 heavy (non-hydrogen) atoms. The number of fused-ring (bicyclic) bond motifs is 2. The average molecular weight is 1100 g/mol. The second kappa shape index (κ2) is 20.1. The Hall–Kier alpha value is -11.6. The lowest BCUT2D eigenvalue weighted by Gasteiger charge is -2.42. The van der Waals surface area contributed by atoms with Gasteiger partial charge in [0.1, 0.15) is 11.6 Å². The van der Waals surface area contributed by atoms with Crippen LogP contribution in [0.4, 0.5) is 0 Å². The molecule has 402 valence electrons. The Labute approximate surface area is 495 Å². The molecule has 0 saturated heterocycles. The molecule has 18 rings (SSSR count). The van der Waals surface area contributed by atoms with Crippen molar-refractivity contribution < 1.29 is 0 Å². The Morgan fingerprint density at radius 2 is 0.512 bits per heavy atom. The van der Waals surface area contributed by atoms with Gasteiger partial charge in [-0.2, -0.15) is 0 Å². The van der Waals surface area contributed by atoms with Crippen molar-refractivity contribution in [1.82, 2.24) is 49.0 Å². The van der Waals surface area contributed by atoms with Crippen LogP contribution in [0.2, 0.25) is 0 Å². The van der Waals surface area contributed by atoms with E-state index in [2.05, 4.69) is 228 Å². The van der Waals surface area contributed by atoms with Gasteiger partial charge in [-0.1, -0.05) is 218 Å². The van der Waals surface area contributed by atoms with Crippen molar-refractivity contribution in [3.05, 3.63) is 312 Å². The van der Waals surface area contributed by atoms with Crippen LogP contribution in [-0.2, 0) is 0 Å². The molecular formula is C76H48N10. The minimum Gasteiger partial charge on any atom is -0.292 e. The summed E-state index contributed by atoms with van der Waals surface area (Å²) in [5.74, 6) is 5.22. The van der Waals surface area contributed by atoms with Gasteiger partial charge in [0.25, 0.3) is 0 Å². The first-order valence-corrected chi connectivity index (χ1v) is 28.9. The molecule has 0 radical (unpaired) electrons. The standard InChI is InChI=1S/C76H48N10/c1-5-21-47(22-6-1)69-79-71(51-29-19-31-55(43-51)85-65-37-17-15-35-63(65)77-75(85)49-25-9-3-10-26-49)83-73(81-69)53-39-41-59-61(45-53)67-57-33-13-14-34-58(57)68(59)62-46-54(40-42-60(62)67)74-82-70(48-23-7-2-8-24-48)80-72(84-74)52-30-20-32-56(44-52)86-66-38-18-16-36-64(66)78-76(86)50-27-11-4-12-28-50/h1-46,67-68H. The number of nitrogens with zero attached hydrogens (tertiary/aromatic N) is 10. The summed E-state index contributed by atoms with van der Waals surface area (Å²) in [6.45, 7) is 0. The van der Waals surface area contributed by atoms with Gasteiger partial charge in [-0.25, -0.2) is 39.9 Å². The van der Waals surface area contributed by atoms with Crippen LogP contribution < -0.4 is 0 Å². The largest absolute Gasteiger partial charge is 0.292 e. The molecule has 0 amide bonds. The van der Waals surface area contributed by atoms with Crippen molar-refractivity contribution in [2.24, 2.45) is 0 Å². The maximum absolute atomic E-state index is 5.34. The van der Waals surface area contributed by atoms with Crippen molar-refractivity contribution >= 4 is 22.1 Å². The van der Waals surface area contributed by atoms with Crippen LogP contribution >= 0.6 is 0 Å². The van der Waals surface area contributed by atoms with Gasteiger partial charge in [-0.05, 0) is 94.0 Å². The van der Waals surface area contributed by atoms with E-state index in [9.17, 15) is 0 Å². The van der Waals surface area contributed by atoms with E-state index in [-0.39, 0.29) is 11.8 Å². The Balaban J connectivity index is 0.768. The van der Waals surface area contributed by atoms with Crippen LogP contribution in [0.15, 0.2) is 279 Å². The van der Waals surface area contributed by atoms with Gasteiger partial charge < -0.3 is 0 Å². The predicted octanol–water partition coefficient (Wildman–Crippen LogP) is 17.1. The Morgan fingerprint density at radius 1 is 0.209 bits per heavy atom. The van der Waals surface area contributed by atoms with Gasteiger partial charge in [0.05, 0.1) is 22.1 Å². The number of rotatable bonds is 10. The van der Waals surface area contributed by atoms with Crippen LogP contribution in [-0.4, -0.2) is 49.0 Å². The lowest BCUT2D eigenvalue weighted by atomic mass is 9.61. The van der Waals surface area contributed by atoms with Gasteiger partial charge in [0.15, 0.2) is 34.9 Å². The summed E-state index contributed by atoms with van der Waals surface area (Å²) in [5.41, 5.74) is 20.8. The van der Waals surface area contributed by atoms with Gasteiger partial charge >= 0.3 is 0 Å². The molecule has 4 aromatic heterocycles. The van der Waals surface area contributed by atoms with E-state index >= 15 is 0 Å². The molecule has 2 bridgehead atoms. The number of hydrogen-bond donors (Lipinski definition) is 0. The van der Waals surface area contributed by atoms with Crippen molar-refractivity contribution in [2.45, 2.75) is 11.8 Å². The summed E-state index contributed by atoms with van der Waals surface area (Å²) >= 11 is 0. The molecule has 4 heterocycles. The van der Waals surface area contributed by atoms with Crippen LogP contribution in [0.5, 0.6) is 0 Å². The van der Waals surface area contributed by atoms with Gasteiger partial charge in [0.2, 0.25) is 0 Å². The van der Waals surface area contributed by atoms with E-state index in [1.54, 1.807) is 0 Å². The number of imidazole rings is 2. The SMILES string of the molecule is c1ccc(-c2nc(-c3cccc(-n4c(-c5ccccc5)nc5ccccc54)c3)nc(-c3ccc4c(c3)C3c5ccccc5C4c4cc(-c5nc(-c6ccccc6)nc(-c6cccc(-n7c(-c8ccccc8)nc8ccccc87)c6)n5)ccc43)n2)cc1. The highest BCUT2D eigenvalue weighted by molar-refractivity contribution is 5.86. The highest BCUT2D eigenvalue weighted by Crippen LogP contribution is 2.57. The van der Waals surface area contributed by atoms with Gasteiger partial charge in [0, 0.05) is 67.7 Å². The third-order valence-electron chi connectivity index (χ3n) is 16.8. The zero-order valence-corrected chi connectivity index (χ0v) is 46.2. The van der Waals surface area contributed by atoms with E-state index in [0.29, 0.717) is 34.9 Å². The predicted molar refractivity (Wildman–Crippen MR) is 341 cm³/mol. The molecule has 3 aliphatic rings. The molecular weight excluding hydrogens is 1050 g/mol. The first-order chi connectivity index (χ1) is 42.6. The number of benzene rings is 11. The van der Waals surface area contributed by atoms with Crippen LogP contribution in [0.3, 0.4) is 0 Å². The molecule has 15 aromatic rings. The smallest absolute Gasteiger partial charge is 0.164 e. The molecule has 11 aromatic carbocycles. The van der Waals surface area contributed by atoms with Crippen LogP contribution in [0.1, 0.15) is 45.2 Å². The fourth-order valence-electron chi connectivity index (χ4n) is 12.9. The molecule has 2 unspecified atom stereocenters. The molecule has 0 saturated carbocycles. The summed E-state index contributed by atoms with van der Waals surface area (Å²) in [5, 5.41) is 0. The topological polar surface area (TPSA) is 113 Å². The molecule has 0 N–H and O–H groups in total. The summed E-state index contributed by atoms with van der Waals surface area (Å²) in [7, 11) is 0. The molecule has 10 nitrogen and oxygen atoms in total. The summed E-state index contributed by atoms with van der Waals surface area (Å²) < 4.78 is 4.45. The van der Waals surface area contributed by atoms with Gasteiger partial charge in [-0.3, -0.25) is 9.13 Å². The van der Waals surface area contributed by atoms with Crippen molar-refractivity contribution in [3.63, 3.8) is 0 Å². The van der Waals surface area contributed by atoms with Crippen molar-refractivity contribution in [2.75, 3.05) is 0 Å². The normalized spacial score (nSPS) is 13.8. The second-order valence-electron chi connectivity index (χ2n) is 21.9. The first-order valence-electron chi connectivity index (χ1n) is 28.9. The zero-order valence-electron chi connectivity index (χ0n) is 46.2. The Bertz CT molecular complexity index is 4810. The van der Waals surface area contributed by atoms with E-state index in [0.717, 1.165) is 89.6 Å². The molecule has 0 aliphatic heterocycles. The van der Waals surface area contributed by atoms with Gasteiger partial charge in [-0.15, -0.1) is 0 Å². The highest BCUT2D eigenvalue weighted by atomic mass is 15.1. The second-order valence-corrected chi connectivity index (χ2v) is 21.9. The van der Waals surface area contributed by atoms with Crippen molar-refractivity contribution in [1.29, 1.82) is 0 Å². The fourth-order valence-corrected chi connectivity index (χ4v) is 12.9. The number of para-hydroxylation sites is 4. The average Bonchev–Trinajstić information content (AvgIpc) is 1.18. The van der Waals surface area contributed by atoms with E-state index in [1.165, 1.54) is 33.4 Å². The van der Waals surface area contributed by atoms with Crippen LogP contribution in [0, 0.1) is 0 Å². The highest BCUT2D eigenvalue weighted by Gasteiger charge is 2.42. The molecule has 3 aliphatic carbocycles. The quantitative estimate of drug-likeness (QED) is 0.133. The molecule has 0 spiro atoms. The van der Waals surface area contributed by atoms with E-state index in [1.807, 2.05) is 60.7 Å². The zero-order chi connectivity index (χ0) is 56.7. The maximum Gasteiger partial charge on any atom is 0.164 e. The minimum absolute atomic E-state index is 0.0397. The number of hydrogen-bond acceptors (Lipinski definition) is 8. The summed E-state index contributed by atoms with van der Waals surface area (Å²) in [4.78, 5) is 41.9. The fraction of sp³-hybridized carbons (Fsp3) is 0.0263. The lowest BCUT2D eigenvalue weighted by Crippen LogP contribution is -2.27. The molecule has 10 heteroatoms. The lowest BCUT2D eigenvalue weighted by molar-refractivity contribution is 0.754. The Morgan fingerprint density at radius 3 is 0.907 bits per heavy atom. The van der Waals surface area contributed by atoms with Crippen molar-refractivity contribution in [3.8, 4) is 102 Å². The maximum atomic E-state index is 5.34. The third-order valence-corrected chi connectivity index (χ3v) is 16.8. The molecule has 0 fully saturated rings. The van der Waals surface area contributed by atoms with E-state index < -0.39 is 0 Å². The first kappa shape index (κ1) is 49.0. The summed E-state index contributed by atoms with van der Waals surface area (Å²) in [6.07, 6.45) is 0. The molecule has 2 atom stereocenters. The minimum atomic E-state index is -0.0397. The number of aromatic nitrogens is 10. The summed E-state index contributed by atoms with van der Waals surface area (Å²) in [6, 6.07) is 97.0. The van der Waals surface area contributed by atoms with E-state index in [4.69, 9.17) is 39.9 Å². The third kappa shape index (κ3) is 8.25. The monoisotopic (exact) mass is 1100 g/mol.